The first kappa shape index (κ1) is 13.2. The molecule has 0 saturated carbocycles. The summed E-state index contributed by atoms with van der Waals surface area (Å²) in [6.07, 6.45) is 0. The summed E-state index contributed by atoms with van der Waals surface area (Å²) in [4.78, 5) is 1.38. The normalized spacial score (nSPS) is 12.4. The van der Waals surface area contributed by atoms with Crippen molar-refractivity contribution in [3.8, 4) is 6.07 Å². The summed E-state index contributed by atoms with van der Waals surface area (Å²) in [6, 6.07) is 6.56. The molecule has 3 heteroatoms. The van der Waals surface area contributed by atoms with E-state index < -0.39 is 0 Å². The molecule has 0 aromatic carbocycles. The van der Waals surface area contributed by atoms with Crippen molar-refractivity contribution in [3.05, 3.63) is 22.4 Å². The molecule has 0 unspecified atom stereocenters. The van der Waals surface area contributed by atoms with E-state index in [-0.39, 0.29) is 10.8 Å². The summed E-state index contributed by atoms with van der Waals surface area (Å²) in [6.45, 7) is 10.0. The van der Waals surface area contributed by atoms with Gasteiger partial charge in [0, 0.05) is 23.4 Å². The van der Waals surface area contributed by atoms with E-state index in [0.717, 1.165) is 13.1 Å². The molecule has 88 valence electrons. The molecule has 0 radical (unpaired) electrons. The molecule has 1 heterocycles. The lowest BCUT2D eigenvalue weighted by molar-refractivity contribution is 0.400. The molecule has 1 aromatic rings. The molecule has 0 spiro atoms. The molecule has 0 aliphatic rings. The van der Waals surface area contributed by atoms with Gasteiger partial charge >= 0.3 is 0 Å². The number of nitriles is 1. The average Bonchev–Trinajstić information content (AvgIpc) is 2.70. The van der Waals surface area contributed by atoms with Crippen LogP contribution in [0.25, 0.3) is 0 Å². The number of hydrogen-bond acceptors (Lipinski definition) is 3. The van der Waals surface area contributed by atoms with Crippen molar-refractivity contribution >= 4 is 11.3 Å². The Morgan fingerprint density at radius 2 is 2.00 bits per heavy atom. The Morgan fingerprint density at radius 3 is 2.50 bits per heavy atom. The maximum Gasteiger partial charge on any atom is 0.0697 e. The van der Waals surface area contributed by atoms with Gasteiger partial charge in [0.15, 0.2) is 0 Å². The van der Waals surface area contributed by atoms with E-state index >= 15 is 0 Å². The SMILES string of the molecule is CC(C)(C#N)CNCC(C)(C)c1cccs1. The van der Waals surface area contributed by atoms with Gasteiger partial charge in [0.25, 0.3) is 0 Å². The Hall–Kier alpha value is -0.850. The topological polar surface area (TPSA) is 35.8 Å². The number of thiophene rings is 1. The standard InChI is InChI=1S/C13H20N2S/c1-12(2,8-14)9-15-10-13(3,4)11-6-5-7-16-11/h5-7,15H,9-10H2,1-4H3. The zero-order valence-electron chi connectivity index (χ0n) is 10.5. The Kier molecular flexibility index (Phi) is 4.12. The molecule has 1 N–H and O–H groups in total. The van der Waals surface area contributed by atoms with Gasteiger partial charge in [-0.15, -0.1) is 11.3 Å². The monoisotopic (exact) mass is 236 g/mol. The molecule has 16 heavy (non-hydrogen) atoms. The fraction of sp³-hybridized carbons (Fsp3) is 0.615. The van der Waals surface area contributed by atoms with Crippen molar-refractivity contribution in [2.75, 3.05) is 13.1 Å². The number of hydrogen-bond donors (Lipinski definition) is 1. The van der Waals surface area contributed by atoms with Gasteiger partial charge in [-0.25, -0.2) is 0 Å². The summed E-state index contributed by atoms with van der Waals surface area (Å²) >= 11 is 1.79. The second-order valence-corrected chi connectivity index (χ2v) is 6.41. The molecular formula is C13H20N2S. The van der Waals surface area contributed by atoms with E-state index in [0.29, 0.717) is 0 Å². The van der Waals surface area contributed by atoms with Crippen LogP contribution < -0.4 is 5.32 Å². The van der Waals surface area contributed by atoms with E-state index in [1.54, 1.807) is 11.3 Å². The minimum absolute atomic E-state index is 0.139. The van der Waals surface area contributed by atoms with Crippen LogP contribution in [0.5, 0.6) is 0 Å². The Bertz CT molecular complexity index is 358. The summed E-state index contributed by atoms with van der Waals surface area (Å²) in [7, 11) is 0. The van der Waals surface area contributed by atoms with Crippen molar-refractivity contribution in [3.63, 3.8) is 0 Å². The van der Waals surface area contributed by atoms with E-state index in [9.17, 15) is 0 Å². The molecule has 1 rings (SSSR count). The van der Waals surface area contributed by atoms with Crippen LogP contribution in [0.4, 0.5) is 0 Å². The molecule has 0 saturated heterocycles. The third-order valence-corrected chi connectivity index (χ3v) is 3.86. The highest BCUT2D eigenvalue weighted by Crippen LogP contribution is 2.26. The molecule has 0 amide bonds. The highest BCUT2D eigenvalue weighted by molar-refractivity contribution is 7.10. The van der Waals surface area contributed by atoms with Crippen LogP contribution in [-0.4, -0.2) is 13.1 Å². The van der Waals surface area contributed by atoms with Crippen LogP contribution in [-0.2, 0) is 5.41 Å². The summed E-state index contributed by atoms with van der Waals surface area (Å²) in [5.74, 6) is 0. The fourth-order valence-corrected chi connectivity index (χ4v) is 2.33. The highest BCUT2D eigenvalue weighted by atomic mass is 32.1. The van der Waals surface area contributed by atoms with Crippen LogP contribution >= 0.6 is 11.3 Å². The number of rotatable bonds is 5. The van der Waals surface area contributed by atoms with Crippen molar-refractivity contribution in [1.29, 1.82) is 5.26 Å². The molecule has 0 aliphatic heterocycles. The van der Waals surface area contributed by atoms with Gasteiger partial charge in [-0.3, -0.25) is 0 Å². The minimum atomic E-state index is -0.286. The zero-order chi connectivity index (χ0) is 12.2. The van der Waals surface area contributed by atoms with Gasteiger partial charge in [-0.2, -0.15) is 5.26 Å². The zero-order valence-corrected chi connectivity index (χ0v) is 11.3. The summed E-state index contributed by atoms with van der Waals surface area (Å²) < 4.78 is 0. The van der Waals surface area contributed by atoms with Crippen LogP contribution in [0.2, 0.25) is 0 Å². The van der Waals surface area contributed by atoms with Gasteiger partial charge < -0.3 is 5.32 Å². The predicted molar refractivity (Wildman–Crippen MR) is 69.6 cm³/mol. The van der Waals surface area contributed by atoms with Gasteiger partial charge in [-0.05, 0) is 25.3 Å². The minimum Gasteiger partial charge on any atom is -0.314 e. The molecule has 1 aromatic heterocycles. The van der Waals surface area contributed by atoms with Crippen molar-refractivity contribution in [2.45, 2.75) is 33.1 Å². The largest absolute Gasteiger partial charge is 0.314 e. The van der Waals surface area contributed by atoms with E-state index in [2.05, 4.69) is 42.7 Å². The maximum absolute atomic E-state index is 8.92. The van der Waals surface area contributed by atoms with Crippen LogP contribution in [0.15, 0.2) is 17.5 Å². The van der Waals surface area contributed by atoms with Gasteiger partial charge in [0.2, 0.25) is 0 Å². The first-order chi connectivity index (χ1) is 7.37. The smallest absolute Gasteiger partial charge is 0.0697 e. The predicted octanol–water partition coefficient (Wildman–Crippen LogP) is 3.17. The van der Waals surface area contributed by atoms with Gasteiger partial charge in [-0.1, -0.05) is 19.9 Å². The first-order valence-electron chi connectivity index (χ1n) is 5.53. The molecule has 2 nitrogen and oxygen atoms in total. The molecule has 0 bridgehead atoms. The van der Waals surface area contributed by atoms with Gasteiger partial charge in [0.1, 0.15) is 0 Å². The fourth-order valence-electron chi connectivity index (χ4n) is 1.48. The van der Waals surface area contributed by atoms with E-state index in [1.165, 1.54) is 4.88 Å². The quantitative estimate of drug-likeness (QED) is 0.852. The molecule has 0 fully saturated rings. The number of nitrogens with zero attached hydrogens (tertiary/aromatic N) is 1. The molecule has 0 aliphatic carbocycles. The van der Waals surface area contributed by atoms with Gasteiger partial charge in [0.05, 0.1) is 11.5 Å². The van der Waals surface area contributed by atoms with Crippen LogP contribution in [0, 0.1) is 16.7 Å². The molecular weight excluding hydrogens is 216 g/mol. The summed E-state index contributed by atoms with van der Waals surface area (Å²) in [5.41, 5.74) is -0.148. The first-order valence-corrected chi connectivity index (χ1v) is 6.41. The highest BCUT2D eigenvalue weighted by Gasteiger charge is 2.23. The third-order valence-electron chi connectivity index (χ3n) is 2.62. The van der Waals surface area contributed by atoms with E-state index in [1.807, 2.05) is 13.8 Å². The lowest BCUT2D eigenvalue weighted by Gasteiger charge is -2.26. The second kappa shape index (κ2) is 4.99. The van der Waals surface area contributed by atoms with Crippen molar-refractivity contribution in [1.82, 2.24) is 5.32 Å². The second-order valence-electron chi connectivity index (χ2n) is 5.46. The van der Waals surface area contributed by atoms with Crippen LogP contribution in [0.1, 0.15) is 32.6 Å². The lowest BCUT2D eigenvalue weighted by atomic mass is 9.90. The maximum atomic E-state index is 8.92. The number of nitrogens with one attached hydrogen (secondary N) is 1. The Balaban J connectivity index is 2.47. The van der Waals surface area contributed by atoms with Crippen molar-refractivity contribution in [2.24, 2.45) is 5.41 Å². The lowest BCUT2D eigenvalue weighted by Crippen LogP contribution is -2.37. The Labute approximate surface area is 102 Å². The average molecular weight is 236 g/mol. The molecule has 0 atom stereocenters. The third kappa shape index (κ3) is 3.62. The van der Waals surface area contributed by atoms with Crippen LogP contribution in [0.3, 0.4) is 0 Å². The van der Waals surface area contributed by atoms with E-state index in [4.69, 9.17) is 5.26 Å². The Morgan fingerprint density at radius 1 is 1.31 bits per heavy atom. The van der Waals surface area contributed by atoms with Crippen molar-refractivity contribution < 1.29 is 0 Å². The summed E-state index contributed by atoms with van der Waals surface area (Å²) in [5, 5.41) is 14.4.